The van der Waals surface area contributed by atoms with Crippen molar-refractivity contribution in [1.29, 1.82) is 0 Å². The first-order valence-electron chi connectivity index (χ1n) is 7.09. The van der Waals surface area contributed by atoms with Gasteiger partial charge < -0.3 is 9.84 Å². The van der Waals surface area contributed by atoms with Gasteiger partial charge in [0.1, 0.15) is 0 Å². The zero-order valence-corrected chi connectivity index (χ0v) is 11.5. The second-order valence-electron chi connectivity index (χ2n) is 6.16. The first-order chi connectivity index (χ1) is 8.53. The van der Waals surface area contributed by atoms with Gasteiger partial charge in [-0.05, 0) is 45.4 Å². The topological polar surface area (TPSA) is 49.8 Å². The number of hydrogen-bond donors (Lipinski definition) is 1. The van der Waals surface area contributed by atoms with Crippen LogP contribution in [0.15, 0.2) is 0 Å². The van der Waals surface area contributed by atoms with E-state index in [1.54, 1.807) is 0 Å². The fourth-order valence-corrected chi connectivity index (χ4v) is 2.68. The van der Waals surface area contributed by atoms with Gasteiger partial charge in [-0.2, -0.15) is 0 Å². The third-order valence-electron chi connectivity index (χ3n) is 4.33. The molecule has 0 bridgehead atoms. The summed E-state index contributed by atoms with van der Waals surface area (Å²) in [5, 5.41) is 9.59. The van der Waals surface area contributed by atoms with Gasteiger partial charge in [0, 0.05) is 32.3 Å². The van der Waals surface area contributed by atoms with Crippen LogP contribution in [0.3, 0.4) is 0 Å². The first kappa shape index (κ1) is 13.8. The molecule has 0 aromatic carbocycles. The van der Waals surface area contributed by atoms with Crippen LogP contribution in [0.25, 0.3) is 0 Å². The van der Waals surface area contributed by atoms with Gasteiger partial charge in [0.15, 0.2) is 0 Å². The molecule has 4 nitrogen and oxygen atoms in total. The summed E-state index contributed by atoms with van der Waals surface area (Å²) in [6, 6.07) is 0.421. The number of carboxylic acid groups (broad SMARTS) is 1. The van der Waals surface area contributed by atoms with Gasteiger partial charge in [-0.1, -0.05) is 0 Å². The molecule has 0 aromatic rings. The number of nitrogens with zero attached hydrogens (tertiary/aromatic N) is 1. The van der Waals surface area contributed by atoms with Crippen molar-refractivity contribution in [3.05, 3.63) is 0 Å². The van der Waals surface area contributed by atoms with Gasteiger partial charge in [0.2, 0.25) is 0 Å². The minimum atomic E-state index is -0.646. The van der Waals surface area contributed by atoms with E-state index in [2.05, 4.69) is 18.7 Å². The molecule has 0 unspecified atom stereocenters. The van der Waals surface area contributed by atoms with Crippen molar-refractivity contribution in [1.82, 2.24) is 4.90 Å². The lowest BCUT2D eigenvalue weighted by Crippen LogP contribution is -2.49. The van der Waals surface area contributed by atoms with Gasteiger partial charge in [-0.25, -0.2) is 0 Å². The van der Waals surface area contributed by atoms with Crippen LogP contribution in [-0.4, -0.2) is 48.3 Å². The highest BCUT2D eigenvalue weighted by molar-refractivity contribution is 5.75. The summed E-state index contributed by atoms with van der Waals surface area (Å²) in [4.78, 5) is 14.0. The summed E-state index contributed by atoms with van der Waals surface area (Å²) < 4.78 is 5.33. The van der Waals surface area contributed by atoms with E-state index >= 15 is 0 Å². The maximum Gasteiger partial charge on any atom is 0.311 e. The fourth-order valence-electron chi connectivity index (χ4n) is 2.68. The van der Waals surface area contributed by atoms with Crippen LogP contribution in [0.1, 0.15) is 39.5 Å². The van der Waals surface area contributed by atoms with E-state index in [1.165, 1.54) is 12.8 Å². The molecule has 4 heteroatoms. The molecule has 1 saturated carbocycles. The fraction of sp³-hybridized carbons (Fsp3) is 0.929. The van der Waals surface area contributed by atoms with Crippen LogP contribution < -0.4 is 0 Å². The summed E-state index contributed by atoms with van der Waals surface area (Å²) in [5.74, 6) is 0.158. The number of carboxylic acids is 1. The Morgan fingerprint density at radius 3 is 2.44 bits per heavy atom. The Morgan fingerprint density at radius 1 is 1.39 bits per heavy atom. The molecule has 1 heterocycles. The summed E-state index contributed by atoms with van der Waals surface area (Å²) >= 11 is 0. The van der Waals surface area contributed by atoms with Gasteiger partial charge in [0.25, 0.3) is 0 Å². The molecule has 0 atom stereocenters. The standard InChI is InChI=1S/C14H25NO3/c1-11(2)15(9-12-3-4-12)10-14(13(16)17)5-7-18-8-6-14/h11-12H,3-10H2,1-2H3,(H,16,17). The predicted octanol–water partition coefficient (Wildman–Crippen LogP) is 1.99. The molecule has 0 aromatic heterocycles. The molecule has 1 N–H and O–H groups in total. The van der Waals surface area contributed by atoms with Gasteiger partial charge in [-0.3, -0.25) is 9.69 Å². The van der Waals surface area contributed by atoms with Crippen LogP contribution in [0.5, 0.6) is 0 Å². The van der Waals surface area contributed by atoms with Crippen molar-refractivity contribution in [3.8, 4) is 0 Å². The maximum atomic E-state index is 11.7. The minimum Gasteiger partial charge on any atom is -0.481 e. The Hall–Kier alpha value is -0.610. The summed E-state index contributed by atoms with van der Waals surface area (Å²) in [5.41, 5.74) is -0.586. The molecule has 0 radical (unpaired) electrons. The largest absolute Gasteiger partial charge is 0.481 e. The number of carbonyl (C=O) groups is 1. The van der Waals surface area contributed by atoms with E-state index in [1.807, 2.05) is 0 Å². The molecular weight excluding hydrogens is 230 g/mol. The van der Waals surface area contributed by atoms with E-state index in [-0.39, 0.29) is 0 Å². The summed E-state index contributed by atoms with van der Waals surface area (Å²) in [6.45, 7) is 7.24. The van der Waals surface area contributed by atoms with Crippen molar-refractivity contribution in [2.24, 2.45) is 11.3 Å². The lowest BCUT2D eigenvalue weighted by molar-refractivity contribution is -0.157. The number of ether oxygens (including phenoxy) is 1. The average molecular weight is 255 g/mol. The van der Waals surface area contributed by atoms with Crippen molar-refractivity contribution < 1.29 is 14.6 Å². The van der Waals surface area contributed by atoms with Crippen molar-refractivity contribution in [3.63, 3.8) is 0 Å². The minimum absolute atomic E-state index is 0.421. The first-order valence-corrected chi connectivity index (χ1v) is 7.09. The van der Waals surface area contributed by atoms with E-state index in [4.69, 9.17) is 4.74 Å². The Bertz CT molecular complexity index is 293. The summed E-state index contributed by atoms with van der Waals surface area (Å²) in [6.07, 6.45) is 3.92. The van der Waals surface area contributed by atoms with Crippen molar-refractivity contribution in [2.45, 2.75) is 45.6 Å². The Labute approximate surface area is 109 Å². The molecule has 2 aliphatic rings. The Kier molecular flexibility index (Phi) is 4.28. The zero-order chi connectivity index (χ0) is 13.2. The molecule has 1 aliphatic heterocycles. The van der Waals surface area contributed by atoms with Gasteiger partial charge in [-0.15, -0.1) is 0 Å². The Morgan fingerprint density at radius 2 is 2.00 bits per heavy atom. The zero-order valence-electron chi connectivity index (χ0n) is 11.5. The lowest BCUT2D eigenvalue weighted by Gasteiger charge is -2.39. The predicted molar refractivity (Wildman–Crippen MR) is 69.6 cm³/mol. The third kappa shape index (κ3) is 3.23. The molecule has 1 saturated heterocycles. The molecular formula is C14H25NO3. The van der Waals surface area contributed by atoms with E-state index < -0.39 is 11.4 Å². The van der Waals surface area contributed by atoms with Crippen LogP contribution in [0.2, 0.25) is 0 Å². The van der Waals surface area contributed by atoms with Gasteiger partial charge in [0.05, 0.1) is 5.41 Å². The summed E-state index contributed by atoms with van der Waals surface area (Å²) in [7, 11) is 0. The van der Waals surface area contributed by atoms with Crippen LogP contribution in [-0.2, 0) is 9.53 Å². The van der Waals surface area contributed by atoms with Crippen molar-refractivity contribution >= 4 is 5.97 Å². The van der Waals surface area contributed by atoms with Crippen LogP contribution in [0, 0.1) is 11.3 Å². The normalized spacial score (nSPS) is 23.6. The van der Waals surface area contributed by atoms with Gasteiger partial charge >= 0.3 is 5.97 Å². The molecule has 0 amide bonds. The second-order valence-corrected chi connectivity index (χ2v) is 6.16. The highest BCUT2D eigenvalue weighted by atomic mass is 16.5. The quantitative estimate of drug-likeness (QED) is 0.788. The molecule has 18 heavy (non-hydrogen) atoms. The molecule has 0 spiro atoms. The number of aliphatic carboxylic acids is 1. The van der Waals surface area contributed by atoms with Crippen molar-refractivity contribution in [2.75, 3.05) is 26.3 Å². The molecule has 1 aliphatic carbocycles. The third-order valence-corrected chi connectivity index (χ3v) is 4.33. The van der Waals surface area contributed by atoms with E-state index in [0.717, 1.165) is 12.5 Å². The van der Waals surface area contributed by atoms with Crippen LogP contribution >= 0.6 is 0 Å². The molecule has 2 rings (SSSR count). The molecule has 104 valence electrons. The SMILES string of the molecule is CC(C)N(CC1CC1)CC1(C(=O)O)CCOCC1. The maximum absolute atomic E-state index is 11.7. The number of hydrogen-bond acceptors (Lipinski definition) is 3. The van der Waals surface area contributed by atoms with E-state index in [9.17, 15) is 9.90 Å². The average Bonchev–Trinajstić information content (AvgIpc) is 3.13. The molecule has 2 fully saturated rings. The highest BCUT2D eigenvalue weighted by Crippen LogP contribution is 2.35. The smallest absolute Gasteiger partial charge is 0.311 e. The lowest BCUT2D eigenvalue weighted by atomic mass is 9.79. The second kappa shape index (κ2) is 5.57. The van der Waals surface area contributed by atoms with E-state index in [0.29, 0.717) is 38.6 Å². The Balaban J connectivity index is 2.02. The number of rotatable bonds is 6. The van der Waals surface area contributed by atoms with Crippen LogP contribution in [0.4, 0.5) is 0 Å². The monoisotopic (exact) mass is 255 g/mol. The highest BCUT2D eigenvalue weighted by Gasteiger charge is 2.42.